The second kappa shape index (κ2) is 6.82. The molecule has 0 aromatic heterocycles. The Hall–Kier alpha value is -0.570. The molecule has 0 heterocycles. The standard InChI is InChI=1S/C11H25N3/c1-5-7-8-14(9(3)6-2)10(4)11(12)13/h9-10H,5-8H2,1-4H3,(H3,12,13). The van der Waals surface area contributed by atoms with Crippen molar-refractivity contribution >= 4 is 5.84 Å². The average Bonchev–Trinajstić information content (AvgIpc) is 2.17. The van der Waals surface area contributed by atoms with E-state index >= 15 is 0 Å². The first-order valence-corrected chi connectivity index (χ1v) is 5.64. The van der Waals surface area contributed by atoms with Crippen molar-refractivity contribution < 1.29 is 0 Å². The number of nitrogens with one attached hydrogen (secondary N) is 1. The van der Waals surface area contributed by atoms with Crippen LogP contribution in [-0.4, -0.2) is 29.4 Å². The van der Waals surface area contributed by atoms with E-state index < -0.39 is 0 Å². The molecule has 0 saturated heterocycles. The highest BCUT2D eigenvalue weighted by Gasteiger charge is 2.19. The summed E-state index contributed by atoms with van der Waals surface area (Å²) in [6, 6.07) is 0.594. The Labute approximate surface area is 88.2 Å². The average molecular weight is 199 g/mol. The molecular formula is C11H25N3. The van der Waals surface area contributed by atoms with Gasteiger partial charge in [-0.15, -0.1) is 0 Å². The second-order valence-corrected chi connectivity index (χ2v) is 3.98. The van der Waals surface area contributed by atoms with E-state index in [2.05, 4.69) is 25.7 Å². The molecule has 0 aromatic carbocycles. The molecule has 84 valence electrons. The fourth-order valence-corrected chi connectivity index (χ4v) is 1.55. The Morgan fingerprint density at radius 1 is 1.36 bits per heavy atom. The summed E-state index contributed by atoms with van der Waals surface area (Å²) in [5.41, 5.74) is 5.54. The minimum atomic E-state index is 0.0801. The van der Waals surface area contributed by atoms with Gasteiger partial charge in [-0.3, -0.25) is 10.3 Å². The van der Waals surface area contributed by atoms with Gasteiger partial charge in [0.1, 0.15) is 5.84 Å². The molecule has 0 amide bonds. The van der Waals surface area contributed by atoms with Gasteiger partial charge in [0.2, 0.25) is 0 Å². The lowest BCUT2D eigenvalue weighted by Crippen LogP contribution is -2.47. The van der Waals surface area contributed by atoms with E-state index in [1.807, 2.05) is 6.92 Å². The lowest BCUT2D eigenvalue weighted by molar-refractivity contribution is 0.181. The molecule has 0 rings (SSSR count). The molecule has 0 fully saturated rings. The van der Waals surface area contributed by atoms with Crippen LogP contribution in [0.1, 0.15) is 47.0 Å². The Balaban J connectivity index is 4.29. The van der Waals surface area contributed by atoms with Gasteiger partial charge in [0.15, 0.2) is 0 Å². The lowest BCUT2D eigenvalue weighted by Gasteiger charge is -2.33. The summed E-state index contributed by atoms with van der Waals surface area (Å²) in [5.74, 6) is 0.279. The van der Waals surface area contributed by atoms with Gasteiger partial charge in [0, 0.05) is 6.04 Å². The van der Waals surface area contributed by atoms with E-state index in [4.69, 9.17) is 11.1 Å². The first-order chi connectivity index (χ1) is 6.54. The van der Waals surface area contributed by atoms with Crippen LogP contribution in [0.15, 0.2) is 0 Å². The number of rotatable bonds is 7. The van der Waals surface area contributed by atoms with Gasteiger partial charge >= 0.3 is 0 Å². The monoisotopic (exact) mass is 199 g/mol. The molecule has 0 aromatic rings. The lowest BCUT2D eigenvalue weighted by atomic mass is 10.1. The molecule has 0 bridgehead atoms. The highest BCUT2D eigenvalue weighted by atomic mass is 15.2. The number of nitrogens with two attached hydrogens (primary N) is 1. The Morgan fingerprint density at radius 3 is 2.29 bits per heavy atom. The Kier molecular flexibility index (Phi) is 6.54. The van der Waals surface area contributed by atoms with Gasteiger partial charge in [0.05, 0.1) is 6.04 Å². The molecule has 2 unspecified atom stereocenters. The van der Waals surface area contributed by atoms with Crippen molar-refractivity contribution in [3.63, 3.8) is 0 Å². The first kappa shape index (κ1) is 13.4. The van der Waals surface area contributed by atoms with Crippen molar-refractivity contribution in [3.05, 3.63) is 0 Å². The minimum absolute atomic E-state index is 0.0801. The van der Waals surface area contributed by atoms with Crippen molar-refractivity contribution in [1.82, 2.24) is 4.90 Å². The zero-order chi connectivity index (χ0) is 11.1. The maximum Gasteiger partial charge on any atom is 0.108 e. The van der Waals surface area contributed by atoms with E-state index in [0.29, 0.717) is 6.04 Å². The highest BCUT2D eigenvalue weighted by molar-refractivity contribution is 5.82. The third-order valence-electron chi connectivity index (χ3n) is 2.87. The summed E-state index contributed by atoms with van der Waals surface area (Å²) in [6.45, 7) is 9.63. The third-order valence-corrected chi connectivity index (χ3v) is 2.87. The summed E-state index contributed by atoms with van der Waals surface area (Å²) < 4.78 is 0. The van der Waals surface area contributed by atoms with Crippen molar-refractivity contribution in [2.45, 2.75) is 59.0 Å². The molecule has 3 N–H and O–H groups in total. The summed E-state index contributed by atoms with van der Waals surface area (Å²) >= 11 is 0. The number of unbranched alkanes of at least 4 members (excludes halogenated alkanes) is 1. The van der Waals surface area contributed by atoms with Crippen LogP contribution < -0.4 is 5.73 Å². The fourth-order valence-electron chi connectivity index (χ4n) is 1.55. The van der Waals surface area contributed by atoms with Crippen LogP contribution in [0.3, 0.4) is 0 Å². The van der Waals surface area contributed by atoms with E-state index in [-0.39, 0.29) is 11.9 Å². The van der Waals surface area contributed by atoms with Crippen LogP contribution in [0.25, 0.3) is 0 Å². The molecule has 0 radical (unpaired) electrons. The quantitative estimate of drug-likeness (QED) is 0.488. The van der Waals surface area contributed by atoms with Crippen LogP contribution in [0.2, 0.25) is 0 Å². The highest BCUT2D eigenvalue weighted by Crippen LogP contribution is 2.10. The van der Waals surface area contributed by atoms with Crippen LogP contribution in [0.5, 0.6) is 0 Å². The number of hydrogen-bond donors (Lipinski definition) is 2. The van der Waals surface area contributed by atoms with Crippen LogP contribution in [-0.2, 0) is 0 Å². The largest absolute Gasteiger partial charge is 0.386 e. The van der Waals surface area contributed by atoms with Crippen LogP contribution in [0.4, 0.5) is 0 Å². The molecule has 0 aliphatic heterocycles. The molecule has 3 heteroatoms. The molecule has 2 atom stereocenters. The van der Waals surface area contributed by atoms with E-state index in [1.165, 1.54) is 12.8 Å². The van der Waals surface area contributed by atoms with E-state index in [0.717, 1.165) is 13.0 Å². The zero-order valence-corrected chi connectivity index (χ0v) is 10.0. The van der Waals surface area contributed by atoms with Gasteiger partial charge < -0.3 is 5.73 Å². The van der Waals surface area contributed by atoms with Crippen LogP contribution in [0, 0.1) is 5.41 Å². The normalized spacial score (nSPS) is 15.5. The van der Waals surface area contributed by atoms with Crippen molar-refractivity contribution in [2.75, 3.05) is 6.54 Å². The predicted molar refractivity (Wildman–Crippen MR) is 62.7 cm³/mol. The summed E-state index contributed by atoms with van der Waals surface area (Å²) in [5, 5.41) is 7.47. The van der Waals surface area contributed by atoms with Gasteiger partial charge in [-0.2, -0.15) is 0 Å². The molecule has 0 spiro atoms. The number of hydrogen-bond acceptors (Lipinski definition) is 2. The Bertz CT molecular complexity index is 168. The summed E-state index contributed by atoms with van der Waals surface area (Å²) in [7, 11) is 0. The summed E-state index contributed by atoms with van der Waals surface area (Å²) in [6.07, 6.45) is 3.49. The maximum absolute atomic E-state index is 7.47. The number of nitrogens with zero attached hydrogens (tertiary/aromatic N) is 1. The topological polar surface area (TPSA) is 53.1 Å². The molecule has 0 aliphatic carbocycles. The molecule has 0 saturated carbocycles. The summed E-state index contributed by atoms with van der Waals surface area (Å²) in [4.78, 5) is 2.33. The second-order valence-electron chi connectivity index (χ2n) is 3.98. The van der Waals surface area contributed by atoms with Crippen LogP contribution >= 0.6 is 0 Å². The molecular weight excluding hydrogens is 174 g/mol. The van der Waals surface area contributed by atoms with E-state index in [9.17, 15) is 0 Å². The number of amidine groups is 1. The van der Waals surface area contributed by atoms with Crippen molar-refractivity contribution in [2.24, 2.45) is 5.73 Å². The SMILES string of the molecule is CCCCN(C(C)CC)C(C)C(=N)N. The molecule has 14 heavy (non-hydrogen) atoms. The zero-order valence-electron chi connectivity index (χ0n) is 10.0. The maximum atomic E-state index is 7.47. The minimum Gasteiger partial charge on any atom is -0.386 e. The smallest absolute Gasteiger partial charge is 0.108 e. The molecule has 3 nitrogen and oxygen atoms in total. The van der Waals surface area contributed by atoms with Gasteiger partial charge in [0.25, 0.3) is 0 Å². The van der Waals surface area contributed by atoms with Gasteiger partial charge in [-0.25, -0.2) is 0 Å². The van der Waals surface area contributed by atoms with Crippen molar-refractivity contribution in [3.8, 4) is 0 Å². The fraction of sp³-hybridized carbons (Fsp3) is 0.909. The van der Waals surface area contributed by atoms with Gasteiger partial charge in [-0.1, -0.05) is 20.3 Å². The first-order valence-electron chi connectivity index (χ1n) is 5.64. The predicted octanol–water partition coefficient (Wildman–Crippen LogP) is 2.21. The van der Waals surface area contributed by atoms with E-state index in [1.54, 1.807) is 0 Å². The Morgan fingerprint density at radius 2 is 1.93 bits per heavy atom. The molecule has 0 aliphatic rings. The third kappa shape index (κ3) is 4.09. The van der Waals surface area contributed by atoms with Crippen molar-refractivity contribution in [1.29, 1.82) is 5.41 Å². The van der Waals surface area contributed by atoms with Gasteiger partial charge in [-0.05, 0) is 33.2 Å².